The molecule has 4 nitrogen and oxygen atoms in total. The molecule has 0 bridgehead atoms. The number of rotatable bonds is 3. The molecule has 0 spiro atoms. The van der Waals surface area contributed by atoms with Crippen LogP contribution in [0, 0.1) is 0 Å². The fourth-order valence-electron chi connectivity index (χ4n) is 2.10. The summed E-state index contributed by atoms with van der Waals surface area (Å²) in [7, 11) is 0. The van der Waals surface area contributed by atoms with E-state index in [2.05, 4.69) is 10.2 Å². The van der Waals surface area contributed by atoms with Crippen LogP contribution in [0.4, 0.5) is 0 Å². The molecule has 0 amide bonds. The van der Waals surface area contributed by atoms with Gasteiger partial charge in [-0.05, 0) is 31.2 Å². The zero-order chi connectivity index (χ0) is 12.3. The maximum atomic E-state index is 12.2. The number of benzene rings is 1. The van der Waals surface area contributed by atoms with Crippen LogP contribution >= 0.6 is 0 Å². The van der Waals surface area contributed by atoms with E-state index in [1.54, 1.807) is 24.3 Å². The third-order valence-corrected chi connectivity index (χ3v) is 3.23. The number of hydrogen-bond acceptors (Lipinski definition) is 4. The van der Waals surface area contributed by atoms with Crippen LogP contribution in [0.25, 0.3) is 0 Å². The Balaban J connectivity index is 2.05. The van der Waals surface area contributed by atoms with Gasteiger partial charge in [-0.1, -0.05) is 0 Å². The van der Waals surface area contributed by atoms with Crippen molar-refractivity contribution in [3.05, 3.63) is 29.8 Å². The summed E-state index contributed by atoms with van der Waals surface area (Å²) >= 11 is 0. The summed E-state index contributed by atoms with van der Waals surface area (Å²) in [6, 6.07) is 6.36. The summed E-state index contributed by atoms with van der Waals surface area (Å²) in [4.78, 5) is 14.4. The van der Waals surface area contributed by atoms with Crippen molar-refractivity contribution in [1.29, 1.82) is 0 Å². The highest BCUT2D eigenvalue weighted by Crippen LogP contribution is 2.14. The largest absolute Gasteiger partial charge is 0.508 e. The number of ketones is 1. The predicted octanol–water partition coefficient (Wildman–Crippen LogP) is 0.869. The van der Waals surface area contributed by atoms with Crippen LogP contribution in [-0.2, 0) is 0 Å². The topological polar surface area (TPSA) is 52.6 Å². The molecular weight excluding hydrogens is 216 g/mol. The molecule has 4 heteroatoms. The molecule has 1 aromatic rings. The maximum Gasteiger partial charge on any atom is 0.179 e. The van der Waals surface area contributed by atoms with Gasteiger partial charge in [-0.25, -0.2) is 0 Å². The Labute approximate surface area is 101 Å². The quantitative estimate of drug-likeness (QED) is 0.762. The van der Waals surface area contributed by atoms with Crippen molar-refractivity contribution < 1.29 is 9.90 Å². The first-order valence-corrected chi connectivity index (χ1v) is 5.96. The molecule has 1 unspecified atom stereocenters. The third-order valence-electron chi connectivity index (χ3n) is 3.23. The molecule has 0 saturated carbocycles. The van der Waals surface area contributed by atoms with Crippen LogP contribution in [0.3, 0.4) is 0 Å². The molecule has 1 aliphatic rings. The Bertz CT molecular complexity index is 383. The van der Waals surface area contributed by atoms with Gasteiger partial charge in [0.15, 0.2) is 5.78 Å². The van der Waals surface area contributed by atoms with Crippen LogP contribution < -0.4 is 5.32 Å². The molecule has 1 aliphatic heterocycles. The maximum absolute atomic E-state index is 12.2. The number of nitrogens with one attached hydrogen (secondary N) is 1. The number of phenolic OH excluding ortho intramolecular Hbond substituents is 1. The highest BCUT2D eigenvalue weighted by molar-refractivity contribution is 5.99. The number of nitrogens with zero attached hydrogens (tertiary/aromatic N) is 1. The summed E-state index contributed by atoms with van der Waals surface area (Å²) in [6.07, 6.45) is 0. The second-order valence-electron chi connectivity index (χ2n) is 4.37. The Kier molecular flexibility index (Phi) is 3.76. The van der Waals surface area contributed by atoms with Gasteiger partial charge in [0.1, 0.15) is 5.75 Å². The predicted molar refractivity (Wildman–Crippen MR) is 66.3 cm³/mol. The first-order chi connectivity index (χ1) is 8.18. The highest BCUT2D eigenvalue weighted by Gasteiger charge is 2.23. The van der Waals surface area contributed by atoms with Crippen LogP contribution in [0.5, 0.6) is 5.75 Å². The summed E-state index contributed by atoms with van der Waals surface area (Å²) in [5, 5.41) is 12.5. The smallest absolute Gasteiger partial charge is 0.179 e. The monoisotopic (exact) mass is 234 g/mol. The first kappa shape index (κ1) is 12.1. The number of piperazine rings is 1. The lowest BCUT2D eigenvalue weighted by atomic mass is 10.0. The number of carbonyl (C=O) groups is 1. The standard InChI is InChI=1S/C13H18N2O2/c1-10(15-8-6-14-7-9-15)13(17)11-2-4-12(16)5-3-11/h2-5,10,14,16H,6-9H2,1H3. The molecule has 1 aromatic carbocycles. The fourth-order valence-corrected chi connectivity index (χ4v) is 2.10. The van der Waals surface area contributed by atoms with Crippen LogP contribution in [0.1, 0.15) is 17.3 Å². The SMILES string of the molecule is CC(C(=O)c1ccc(O)cc1)N1CCNCC1. The normalized spacial score (nSPS) is 18.9. The second kappa shape index (κ2) is 5.29. The minimum Gasteiger partial charge on any atom is -0.508 e. The van der Waals surface area contributed by atoms with E-state index in [-0.39, 0.29) is 17.6 Å². The van der Waals surface area contributed by atoms with Crippen molar-refractivity contribution in [3.63, 3.8) is 0 Å². The van der Waals surface area contributed by atoms with Gasteiger partial charge in [0.2, 0.25) is 0 Å². The molecule has 0 radical (unpaired) electrons. The second-order valence-corrected chi connectivity index (χ2v) is 4.37. The Morgan fingerprint density at radius 3 is 2.47 bits per heavy atom. The van der Waals surface area contributed by atoms with Gasteiger partial charge in [-0.3, -0.25) is 9.69 Å². The molecular formula is C13H18N2O2. The van der Waals surface area contributed by atoms with E-state index in [9.17, 15) is 9.90 Å². The van der Waals surface area contributed by atoms with Crippen molar-refractivity contribution in [1.82, 2.24) is 10.2 Å². The number of Topliss-reactive ketones (excluding diaryl/α,β-unsaturated/α-hetero) is 1. The number of hydrogen-bond donors (Lipinski definition) is 2. The van der Waals surface area contributed by atoms with Gasteiger partial charge in [0.05, 0.1) is 6.04 Å². The van der Waals surface area contributed by atoms with E-state index in [1.165, 1.54) is 0 Å². The minimum absolute atomic E-state index is 0.0957. The highest BCUT2D eigenvalue weighted by atomic mass is 16.3. The van der Waals surface area contributed by atoms with E-state index in [4.69, 9.17) is 0 Å². The lowest BCUT2D eigenvalue weighted by Gasteiger charge is -2.31. The molecule has 1 atom stereocenters. The lowest BCUT2D eigenvalue weighted by Crippen LogP contribution is -2.50. The van der Waals surface area contributed by atoms with Crippen molar-refractivity contribution in [2.75, 3.05) is 26.2 Å². The van der Waals surface area contributed by atoms with Crippen molar-refractivity contribution in [2.45, 2.75) is 13.0 Å². The van der Waals surface area contributed by atoms with Gasteiger partial charge < -0.3 is 10.4 Å². The molecule has 2 rings (SSSR count). The third kappa shape index (κ3) is 2.84. The number of phenols is 1. The Morgan fingerprint density at radius 1 is 1.29 bits per heavy atom. The molecule has 0 aromatic heterocycles. The van der Waals surface area contributed by atoms with E-state index >= 15 is 0 Å². The van der Waals surface area contributed by atoms with Crippen LogP contribution in [0.15, 0.2) is 24.3 Å². The summed E-state index contributed by atoms with van der Waals surface area (Å²) < 4.78 is 0. The molecule has 17 heavy (non-hydrogen) atoms. The zero-order valence-corrected chi connectivity index (χ0v) is 10.0. The average Bonchev–Trinajstić information content (AvgIpc) is 2.39. The molecule has 1 saturated heterocycles. The van der Waals surface area contributed by atoms with E-state index < -0.39 is 0 Å². The average molecular weight is 234 g/mol. The van der Waals surface area contributed by atoms with Gasteiger partial charge in [-0.2, -0.15) is 0 Å². The molecule has 92 valence electrons. The number of carbonyl (C=O) groups excluding carboxylic acids is 1. The molecule has 2 N–H and O–H groups in total. The lowest BCUT2D eigenvalue weighted by molar-refractivity contribution is 0.0820. The van der Waals surface area contributed by atoms with Crippen molar-refractivity contribution in [2.24, 2.45) is 0 Å². The van der Waals surface area contributed by atoms with Gasteiger partial charge in [0.25, 0.3) is 0 Å². The Hall–Kier alpha value is -1.39. The van der Waals surface area contributed by atoms with Crippen LogP contribution in [-0.4, -0.2) is 48.0 Å². The van der Waals surface area contributed by atoms with E-state index in [0.29, 0.717) is 5.56 Å². The molecule has 0 aliphatic carbocycles. The van der Waals surface area contributed by atoms with E-state index in [1.807, 2.05) is 6.92 Å². The molecule has 1 heterocycles. The van der Waals surface area contributed by atoms with Crippen LogP contribution in [0.2, 0.25) is 0 Å². The Morgan fingerprint density at radius 2 is 1.88 bits per heavy atom. The van der Waals surface area contributed by atoms with Crippen molar-refractivity contribution in [3.8, 4) is 5.75 Å². The molecule has 1 fully saturated rings. The summed E-state index contributed by atoms with van der Waals surface area (Å²) in [5.74, 6) is 0.309. The van der Waals surface area contributed by atoms with E-state index in [0.717, 1.165) is 26.2 Å². The van der Waals surface area contributed by atoms with Crippen molar-refractivity contribution >= 4 is 5.78 Å². The summed E-state index contributed by atoms with van der Waals surface area (Å²) in [6.45, 7) is 5.64. The van der Waals surface area contributed by atoms with Gasteiger partial charge >= 0.3 is 0 Å². The van der Waals surface area contributed by atoms with Gasteiger partial charge in [-0.15, -0.1) is 0 Å². The number of aromatic hydroxyl groups is 1. The minimum atomic E-state index is -0.0957. The van der Waals surface area contributed by atoms with Gasteiger partial charge in [0, 0.05) is 31.7 Å². The zero-order valence-electron chi connectivity index (χ0n) is 10.0. The first-order valence-electron chi connectivity index (χ1n) is 5.96. The summed E-state index contributed by atoms with van der Waals surface area (Å²) in [5.41, 5.74) is 0.661. The fraction of sp³-hybridized carbons (Fsp3) is 0.462.